The van der Waals surface area contributed by atoms with Crippen LogP contribution in [0.25, 0.3) is 0 Å². The molecule has 1 aliphatic heterocycles. The van der Waals surface area contributed by atoms with Gasteiger partial charge in [-0.1, -0.05) is 34.4 Å². The van der Waals surface area contributed by atoms with Gasteiger partial charge in [0.05, 0.1) is 16.6 Å². The molecular formula is C13H18Cl2N4O. The van der Waals surface area contributed by atoms with E-state index in [-0.39, 0.29) is 5.84 Å². The zero-order valence-electron chi connectivity index (χ0n) is 11.1. The van der Waals surface area contributed by atoms with Crippen LogP contribution in [0.5, 0.6) is 0 Å². The molecule has 20 heavy (non-hydrogen) atoms. The molecule has 0 radical (unpaired) electrons. The minimum atomic E-state index is 0.253. The SMILES string of the molecule is NC(CN1CCN(Cc2ccc(Cl)c(Cl)c2)CC1)=NO. The largest absolute Gasteiger partial charge is 0.409 e. The summed E-state index contributed by atoms with van der Waals surface area (Å²) < 4.78 is 0. The molecule has 1 fully saturated rings. The van der Waals surface area contributed by atoms with Gasteiger partial charge in [0, 0.05) is 32.7 Å². The number of nitrogens with two attached hydrogens (primary N) is 1. The molecule has 1 aliphatic rings. The Morgan fingerprint density at radius 3 is 2.40 bits per heavy atom. The fraction of sp³-hybridized carbons (Fsp3) is 0.462. The Balaban J connectivity index is 1.83. The fourth-order valence-electron chi connectivity index (χ4n) is 2.26. The van der Waals surface area contributed by atoms with Gasteiger partial charge in [0.2, 0.25) is 0 Å². The van der Waals surface area contributed by atoms with E-state index < -0.39 is 0 Å². The molecular weight excluding hydrogens is 299 g/mol. The van der Waals surface area contributed by atoms with Crippen LogP contribution in [0.3, 0.4) is 0 Å². The van der Waals surface area contributed by atoms with Gasteiger partial charge in [0.15, 0.2) is 5.84 Å². The van der Waals surface area contributed by atoms with Crippen LogP contribution in [0.15, 0.2) is 23.4 Å². The summed E-state index contributed by atoms with van der Waals surface area (Å²) in [5.41, 5.74) is 6.67. The quantitative estimate of drug-likeness (QED) is 0.385. The number of oxime groups is 1. The number of benzene rings is 1. The van der Waals surface area contributed by atoms with E-state index in [2.05, 4.69) is 15.0 Å². The van der Waals surface area contributed by atoms with Crippen molar-refractivity contribution in [2.75, 3.05) is 32.7 Å². The molecule has 110 valence electrons. The molecule has 0 unspecified atom stereocenters. The predicted octanol–water partition coefficient (Wildman–Crippen LogP) is 1.86. The van der Waals surface area contributed by atoms with E-state index in [1.54, 1.807) is 0 Å². The maximum atomic E-state index is 8.56. The molecule has 1 aromatic carbocycles. The first kappa shape index (κ1) is 15.4. The van der Waals surface area contributed by atoms with Crippen molar-refractivity contribution in [1.29, 1.82) is 0 Å². The molecule has 3 N–H and O–H groups in total. The lowest BCUT2D eigenvalue weighted by atomic mass is 10.2. The summed E-state index contributed by atoms with van der Waals surface area (Å²) in [6.45, 7) is 5.05. The first-order chi connectivity index (χ1) is 9.58. The summed E-state index contributed by atoms with van der Waals surface area (Å²) in [6.07, 6.45) is 0. The van der Waals surface area contributed by atoms with Crippen LogP contribution in [-0.4, -0.2) is 53.6 Å². The van der Waals surface area contributed by atoms with Crippen LogP contribution in [0.2, 0.25) is 10.0 Å². The van der Waals surface area contributed by atoms with Crippen LogP contribution < -0.4 is 5.73 Å². The zero-order valence-corrected chi connectivity index (χ0v) is 12.6. The monoisotopic (exact) mass is 316 g/mol. The molecule has 0 bridgehead atoms. The Labute approximate surface area is 128 Å². The smallest absolute Gasteiger partial charge is 0.153 e. The molecule has 0 atom stereocenters. The number of halogens is 2. The molecule has 0 aromatic heterocycles. The standard InChI is InChI=1S/C13H18Cl2N4O/c14-11-2-1-10(7-12(11)15)8-18-3-5-19(6-4-18)9-13(16)17-20/h1-2,7,20H,3-6,8-9H2,(H2,16,17). The van der Waals surface area contributed by atoms with Crippen molar-refractivity contribution in [3.63, 3.8) is 0 Å². The lowest BCUT2D eigenvalue weighted by molar-refractivity contribution is 0.139. The Morgan fingerprint density at radius 1 is 1.15 bits per heavy atom. The van der Waals surface area contributed by atoms with Crippen LogP contribution in [0.1, 0.15) is 5.56 Å². The highest BCUT2D eigenvalue weighted by Crippen LogP contribution is 2.23. The maximum absolute atomic E-state index is 8.56. The highest BCUT2D eigenvalue weighted by atomic mass is 35.5. The van der Waals surface area contributed by atoms with Crippen LogP contribution in [0, 0.1) is 0 Å². The number of hydrogen-bond acceptors (Lipinski definition) is 4. The predicted molar refractivity (Wildman–Crippen MR) is 81.6 cm³/mol. The second-order valence-electron chi connectivity index (χ2n) is 4.89. The highest BCUT2D eigenvalue weighted by molar-refractivity contribution is 6.42. The number of piperazine rings is 1. The van der Waals surface area contributed by atoms with E-state index in [0.29, 0.717) is 16.6 Å². The van der Waals surface area contributed by atoms with Gasteiger partial charge in [-0.05, 0) is 17.7 Å². The summed E-state index contributed by atoms with van der Waals surface area (Å²) in [7, 11) is 0. The second kappa shape index (κ2) is 7.13. The minimum absolute atomic E-state index is 0.253. The summed E-state index contributed by atoms with van der Waals surface area (Å²) in [4.78, 5) is 4.52. The summed E-state index contributed by atoms with van der Waals surface area (Å²) >= 11 is 11.9. The van der Waals surface area contributed by atoms with E-state index in [0.717, 1.165) is 38.3 Å². The lowest BCUT2D eigenvalue weighted by Crippen LogP contribution is -2.48. The molecule has 2 rings (SSSR count). The molecule has 0 spiro atoms. The highest BCUT2D eigenvalue weighted by Gasteiger charge is 2.17. The van der Waals surface area contributed by atoms with Gasteiger partial charge >= 0.3 is 0 Å². The molecule has 0 amide bonds. The van der Waals surface area contributed by atoms with Gasteiger partial charge in [0.25, 0.3) is 0 Å². The third-order valence-corrected chi connectivity index (χ3v) is 4.11. The van der Waals surface area contributed by atoms with Crippen molar-refractivity contribution in [2.24, 2.45) is 10.9 Å². The maximum Gasteiger partial charge on any atom is 0.153 e. The third kappa shape index (κ3) is 4.24. The average Bonchev–Trinajstić information content (AvgIpc) is 2.45. The molecule has 5 nitrogen and oxygen atoms in total. The Hall–Kier alpha value is -1.01. The Morgan fingerprint density at radius 2 is 1.80 bits per heavy atom. The first-order valence-electron chi connectivity index (χ1n) is 6.43. The summed E-state index contributed by atoms with van der Waals surface area (Å²) in [6, 6.07) is 5.73. The Bertz CT molecular complexity index is 487. The first-order valence-corrected chi connectivity index (χ1v) is 7.19. The van der Waals surface area contributed by atoms with Gasteiger partial charge in [-0.3, -0.25) is 9.80 Å². The van der Waals surface area contributed by atoms with Crippen LogP contribution in [0.4, 0.5) is 0 Å². The van der Waals surface area contributed by atoms with E-state index >= 15 is 0 Å². The average molecular weight is 317 g/mol. The number of rotatable bonds is 4. The van der Waals surface area contributed by atoms with Gasteiger partial charge in [0.1, 0.15) is 0 Å². The third-order valence-electron chi connectivity index (χ3n) is 3.37. The van der Waals surface area contributed by atoms with Gasteiger partial charge in [-0.2, -0.15) is 0 Å². The van der Waals surface area contributed by atoms with Crippen molar-refractivity contribution >= 4 is 29.0 Å². The van der Waals surface area contributed by atoms with Crippen molar-refractivity contribution in [3.05, 3.63) is 33.8 Å². The zero-order chi connectivity index (χ0) is 14.5. The van der Waals surface area contributed by atoms with E-state index in [4.69, 9.17) is 34.1 Å². The normalized spacial score (nSPS) is 18.4. The van der Waals surface area contributed by atoms with Crippen molar-refractivity contribution in [1.82, 2.24) is 9.80 Å². The molecule has 7 heteroatoms. The summed E-state index contributed by atoms with van der Waals surface area (Å²) in [5, 5.41) is 12.7. The minimum Gasteiger partial charge on any atom is -0.409 e. The molecule has 0 saturated carbocycles. The van der Waals surface area contributed by atoms with Crippen molar-refractivity contribution in [3.8, 4) is 0 Å². The second-order valence-corrected chi connectivity index (χ2v) is 5.71. The molecule has 1 saturated heterocycles. The van der Waals surface area contributed by atoms with Gasteiger partial charge < -0.3 is 10.9 Å². The number of hydrogen-bond donors (Lipinski definition) is 2. The topological polar surface area (TPSA) is 65.1 Å². The van der Waals surface area contributed by atoms with Crippen molar-refractivity contribution < 1.29 is 5.21 Å². The lowest BCUT2D eigenvalue weighted by Gasteiger charge is -2.34. The number of nitrogens with zero attached hydrogens (tertiary/aromatic N) is 3. The molecule has 1 heterocycles. The van der Waals surface area contributed by atoms with E-state index in [1.807, 2.05) is 18.2 Å². The van der Waals surface area contributed by atoms with Crippen LogP contribution in [-0.2, 0) is 6.54 Å². The van der Waals surface area contributed by atoms with Crippen molar-refractivity contribution in [2.45, 2.75) is 6.54 Å². The summed E-state index contributed by atoms with van der Waals surface area (Å²) in [5.74, 6) is 0.253. The molecule has 0 aliphatic carbocycles. The fourth-order valence-corrected chi connectivity index (χ4v) is 2.58. The Kier molecular flexibility index (Phi) is 5.48. The van der Waals surface area contributed by atoms with Gasteiger partial charge in [-0.15, -0.1) is 0 Å². The van der Waals surface area contributed by atoms with Gasteiger partial charge in [-0.25, -0.2) is 0 Å². The van der Waals surface area contributed by atoms with Crippen LogP contribution >= 0.6 is 23.2 Å². The molecule has 1 aromatic rings. The number of amidine groups is 1. The van der Waals surface area contributed by atoms with E-state index in [9.17, 15) is 0 Å². The van der Waals surface area contributed by atoms with E-state index in [1.165, 1.54) is 0 Å².